The van der Waals surface area contributed by atoms with E-state index in [-0.39, 0.29) is 0 Å². The predicted octanol–water partition coefficient (Wildman–Crippen LogP) is 0.760. The van der Waals surface area contributed by atoms with Crippen LogP contribution in [0.3, 0.4) is 0 Å². The summed E-state index contributed by atoms with van der Waals surface area (Å²) in [6, 6.07) is 0. The van der Waals surface area contributed by atoms with Crippen LogP contribution in [0.25, 0.3) is 0 Å². The summed E-state index contributed by atoms with van der Waals surface area (Å²) >= 11 is 0. The topological polar surface area (TPSA) is 16.6 Å². The molecule has 0 aromatic rings. The Morgan fingerprint density at radius 2 is 1.75 bits per heavy atom. The largest absolute Gasteiger partial charge is 0.346 e. The van der Waals surface area contributed by atoms with E-state index in [0.717, 1.165) is 0 Å². The van der Waals surface area contributed by atoms with Gasteiger partial charge in [-0.2, -0.15) is 0 Å². The summed E-state index contributed by atoms with van der Waals surface area (Å²) in [5.41, 5.74) is 0. The molecular formula is C7H18N+. The van der Waals surface area contributed by atoms with Crippen LogP contribution in [0.15, 0.2) is 0 Å². The Morgan fingerprint density at radius 3 is 2.25 bits per heavy atom. The number of hydrogen-bond acceptors (Lipinski definition) is 0. The second-order valence-corrected chi connectivity index (χ2v) is 2.22. The van der Waals surface area contributed by atoms with Crippen molar-refractivity contribution < 1.29 is 5.32 Å². The van der Waals surface area contributed by atoms with Crippen molar-refractivity contribution in [2.75, 3.05) is 13.1 Å². The molecule has 0 spiro atoms. The quantitative estimate of drug-likeness (QED) is 0.511. The molecule has 0 aromatic carbocycles. The molecule has 0 aliphatic rings. The molecule has 1 heteroatoms. The molecule has 0 rings (SSSR count). The molecule has 8 heavy (non-hydrogen) atoms. The Labute approximate surface area is 52.5 Å². The summed E-state index contributed by atoms with van der Waals surface area (Å²) < 4.78 is 0. The summed E-state index contributed by atoms with van der Waals surface area (Å²) in [5.74, 6) is 0. The maximum Gasteiger partial charge on any atom is 0.0755 e. The van der Waals surface area contributed by atoms with Gasteiger partial charge in [0.15, 0.2) is 0 Å². The summed E-state index contributed by atoms with van der Waals surface area (Å²) in [5, 5.41) is 2.39. The van der Waals surface area contributed by atoms with E-state index in [1.165, 1.54) is 32.4 Å². The standard InChI is InChI=1S/C7H17N/c1-3-5-7-8-6-4-2/h8H,3-7H2,1-2H3/p+1. The minimum Gasteiger partial charge on any atom is -0.346 e. The zero-order valence-corrected chi connectivity index (χ0v) is 6.11. The van der Waals surface area contributed by atoms with Gasteiger partial charge in [-0.1, -0.05) is 20.3 Å². The number of quaternary nitrogens is 1. The van der Waals surface area contributed by atoms with Crippen molar-refractivity contribution in [2.45, 2.75) is 33.1 Å². The molecule has 0 aliphatic heterocycles. The molecule has 0 unspecified atom stereocenters. The molecule has 0 bridgehead atoms. The average Bonchev–Trinajstić information content (AvgIpc) is 1.81. The number of hydrogen-bond donors (Lipinski definition) is 1. The highest BCUT2D eigenvalue weighted by Crippen LogP contribution is 1.77. The van der Waals surface area contributed by atoms with Crippen LogP contribution < -0.4 is 5.32 Å². The molecule has 0 radical (unpaired) electrons. The molecule has 0 fully saturated rings. The molecule has 0 saturated heterocycles. The van der Waals surface area contributed by atoms with E-state index in [4.69, 9.17) is 0 Å². The van der Waals surface area contributed by atoms with Crippen molar-refractivity contribution in [2.24, 2.45) is 0 Å². The van der Waals surface area contributed by atoms with Crippen LogP contribution >= 0.6 is 0 Å². The molecule has 50 valence electrons. The van der Waals surface area contributed by atoms with Gasteiger partial charge in [0.25, 0.3) is 0 Å². The fraction of sp³-hybridized carbons (Fsp3) is 1.00. The maximum atomic E-state index is 2.39. The lowest BCUT2D eigenvalue weighted by Gasteiger charge is -1.95. The van der Waals surface area contributed by atoms with Crippen LogP contribution in [0.1, 0.15) is 33.1 Å². The van der Waals surface area contributed by atoms with Crippen molar-refractivity contribution >= 4 is 0 Å². The van der Waals surface area contributed by atoms with E-state index in [2.05, 4.69) is 19.2 Å². The Balaban J connectivity index is 2.53. The Hall–Kier alpha value is -0.0400. The Morgan fingerprint density at radius 1 is 1.00 bits per heavy atom. The van der Waals surface area contributed by atoms with Gasteiger partial charge in [-0.15, -0.1) is 0 Å². The maximum absolute atomic E-state index is 2.39. The van der Waals surface area contributed by atoms with Crippen molar-refractivity contribution in [3.63, 3.8) is 0 Å². The van der Waals surface area contributed by atoms with E-state index in [9.17, 15) is 0 Å². The lowest BCUT2D eigenvalue weighted by molar-refractivity contribution is -0.655. The van der Waals surface area contributed by atoms with Crippen LogP contribution in [-0.2, 0) is 0 Å². The monoisotopic (exact) mass is 116 g/mol. The highest BCUT2D eigenvalue weighted by molar-refractivity contribution is 4.25. The summed E-state index contributed by atoms with van der Waals surface area (Å²) in [6.45, 7) is 7.09. The number of rotatable bonds is 5. The number of nitrogens with two attached hydrogens (primary N) is 1. The molecule has 0 aromatic heterocycles. The van der Waals surface area contributed by atoms with E-state index in [1.807, 2.05) is 0 Å². The van der Waals surface area contributed by atoms with Gasteiger partial charge < -0.3 is 5.32 Å². The van der Waals surface area contributed by atoms with Crippen LogP contribution in [-0.4, -0.2) is 13.1 Å². The van der Waals surface area contributed by atoms with Gasteiger partial charge >= 0.3 is 0 Å². The van der Waals surface area contributed by atoms with Crippen LogP contribution in [0.5, 0.6) is 0 Å². The second-order valence-electron chi connectivity index (χ2n) is 2.22. The molecule has 0 heterocycles. The molecular weight excluding hydrogens is 98.1 g/mol. The first-order valence-corrected chi connectivity index (χ1v) is 3.73. The summed E-state index contributed by atoms with van der Waals surface area (Å²) in [7, 11) is 0. The van der Waals surface area contributed by atoms with E-state index in [1.54, 1.807) is 0 Å². The third-order valence-electron chi connectivity index (χ3n) is 1.25. The minimum atomic E-state index is 1.31. The second kappa shape index (κ2) is 6.96. The Bertz CT molecular complexity index is 29.4. The van der Waals surface area contributed by atoms with Crippen LogP contribution in [0, 0.1) is 0 Å². The van der Waals surface area contributed by atoms with Gasteiger partial charge in [-0.25, -0.2) is 0 Å². The van der Waals surface area contributed by atoms with Crippen molar-refractivity contribution in [3.8, 4) is 0 Å². The fourth-order valence-electron chi connectivity index (χ4n) is 0.697. The molecule has 2 N–H and O–H groups in total. The lowest BCUT2D eigenvalue weighted by atomic mass is 10.3. The molecule has 0 atom stereocenters. The van der Waals surface area contributed by atoms with Gasteiger partial charge in [0, 0.05) is 0 Å². The van der Waals surface area contributed by atoms with Crippen LogP contribution in [0.2, 0.25) is 0 Å². The SMILES string of the molecule is CCCC[NH2+]CCC. The van der Waals surface area contributed by atoms with Gasteiger partial charge in [-0.3, -0.25) is 0 Å². The van der Waals surface area contributed by atoms with Crippen molar-refractivity contribution in [1.29, 1.82) is 0 Å². The minimum absolute atomic E-state index is 1.31. The van der Waals surface area contributed by atoms with Gasteiger partial charge in [-0.05, 0) is 12.8 Å². The summed E-state index contributed by atoms with van der Waals surface area (Å²) in [6.07, 6.45) is 4.02. The smallest absolute Gasteiger partial charge is 0.0755 e. The lowest BCUT2D eigenvalue weighted by Crippen LogP contribution is -2.84. The van der Waals surface area contributed by atoms with E-state index in [0.29, 0.717) is 0 Å². The molecule has 1 nitrogen and oxygen atoms in total. The molecule has 0 aliphatic carbocycles. The normalized spacial score (nSPS) is 9.75. The molecule has 0 saturated carbocycles. The highest BCUT2D eigenvalue weighted by atomic mass is 14.8. The third-order valence-corrected chi connectivity index (χ3v) is 1.25. The van der Waals surface area contributed by atoms with Gasteiger partial charge in [0.1, 0.15) is 0 Å². The number of unbranched alkanes of at least 4 members (excludes halogenated alkanes) is 1. The predicted molar refractivity (Wildman–Crippen MR) is 36.9 cm³/mol. The van der Waals surface area contributed by atoms with Crippen LogP contribution in [0.4, 0.5) is 0 Å². The van der Waals surface area contributed by atoms with E-state index >= 15 is 0 Å². The molecule has 0 amide bonds. The van der Waals surface area contributed by atoms with Gasteiger partial charge in [0.05, 0.1) is 13.1 Å². The fourth-order valence-corrected chi connectivity index (χ4v) is 0.697. The average molecular weight is 116 g/mol. The zero-order chi connectivity index (χ0) is 6.24. The summed E-state index contributed by atoms with van der Waals surface area (Å²) in [4.78, 5) is 0. The third kappa shape index (κ3) is 5.96. The first-order chi connectivity index (χ1) is 3.91. The van der Waals surface area contributed by atoms with Gasteiger partial charge in [0.2, 0.25) is 0 Å². The van der Waals surface area contributed by atoms with Crippen molar-refractivity contribution in [3.05, 3.63) is 0 Å². The zero-order valence-electron chi connectivity index (χ0n) is 6.11. The van der Waals surface area contributed by atoms with Crippen molar-refractivity contribution in [1.82, 2.24) is 0 Å². The first-order valence-electron chi connectivity index (χ1n) is 3.73. The Kier molecular flexibility index (Phi) is 6.93. The van der Waals surface area contributed by atoms with E-state index < -0.39 is 0 Å². The first kappa shape index (κ1) is 7.96. The highest BCUT2D eigenvalue weighted by Gasteiger charge is 1.84.